The van der Waals surface area contributed by atoms with E-state index < -0.39 is 0 Å². The molecule has 4 unspecified atom stereocenters. The van der Waals surface area contributed by atoms with Crippen molar-refractivity contribution in [3.05, 3.63) is 0 Å². The molecule has 0 aromatic heterocycles. The molecule has 2 nitrogen and oxygen atoms in total. The maximum atomic E-state index is 5.59. The van der Waals surface area contributed by atoms with Gasteiger partial charge >= 0.3 is 0 Å². The molecule has 0 aromatic carbocycles. The third kappa shape index (κ3) is 3.96. The molecular formula is C16H32N2. The molecular weight excluding hydrogens is 220 g/mol. The average Bonchev–Trinajstić information content (AvgIpc) is 2.36. The first-order chi connectivity index (χ1) is 8.69. The molecule has 2 fully saturated rings. The van der Waals surface area contributed by atoms with E-state index in [-0.39, 0.29) is 0 Å². The smallest absolute Gasteiger partial charge is 0.000672 e. The van der Waals surface area contributed by atoms with Gasteiger partial charge in [-0.1, -0.05) is 13.3 Å². The fraction of sp³-hybridized carbons (Fsp3) is 1.00. The first-order valence-electron chi connectivity index (χ1n) is 8.07. The van der Waals surface area contributed by atoms with Gasteiger partial charge in [-0.3, -0.25) is 0 Å². The van der Waals surface area contributed by atoms with Crippen LogP contribution in [0.5, 0.6) is 0 Å². The Bertz CT molecular complexity index is 241. The molecule has 2 aliphatic carbocycles. The number of nitrogens with zero attached hydrogens (tertiary/aromatic N) is 1. The largest absolute Gasteiger partial charge is 0.330 e. The number of fused-ring (bicyclic) bond motifs is 1. The molecule has 0 bridgehead atoms. The van der Waals surface area contributed by atoms with Crippen LogP contribution in [0.15, 0.2) is 0 Å². The molecule has 106 valence electrons. The minimum atomic E-state index is 0.831. The van der Waals surface area contributed by atoms with E-state index in [0.29, 0.717) is 0 Å². The minimum Gasteiger partial charge on any atom is -0.330 e. The lowest BCUT2D eigenvalue weighted by molar-refractivity contribution is 0.0884. The predicted molar refractivity (Wildman–Crippen MR) is 78.5 cm³/mol. The highest BCUT2D eigenvalue weighted by Gasteiger charge is 2.34. The Labute approximate surface area is 113 Å². The lowest BCUT2D eigenvalue weighted by atomic mass is 9.65. The van der Waals surface area contributed by atoms with Crippen molar-refractivity contribution in [2.75, 3.05) is 26.7 Å². The Hall–Kier alpha value is -0.0800. The highest BCUT2D eigenvalue weighted by atomic mass is 15.1. The van der Waals surface area contributed by atoms with Crippen molar-refractivity contribution in [2.45, 2.75) is 51.9 Å². The molecule has 0 saturated heterocycles. The van der Waals surface area contributed by atoms with Crippen LogP contribution < -0.4 is 5.73 Å². The van der Waals surface area contributed by atoms with Gasteiger partial charge in [-0.15, -0.1) is 0 Å². The SMILES string of the molecule is CC1CCC2CCC(CN(C)CCCN)CC2C1. The fourth-order valence-electron chi connectivity index (χ4n) is 4.29. The van der Waals surface area contributed by atoms with Crippen molar-refractivity contribution >= 4 is 0 Å². The summed E-state index contributed by atoms with van der Waals surface area (Å²) < 4.78 is 0. The number of hydrogen-bond donors (Lipinski definition) is 1. The number of hydrogen-bond acceptors (Lipinski definition) is 2. The van der Waals surface area contributed by atoms with Crippen LogP contribution in [0.2, 0.25) is 0 Å². The first kappa shape index (κ1) is 14.3. The summed E-state index contributed by atoms with van der Waals surface area (Å²) in [4.78, 5) is 2.50. The van der Waals surface area contributed by atoms with Crippen molar-refractivity contribution in [1.82, 2.24) is 4.90 Å². The summed E-state index contributed by atoms with van der Waals surface area (Å²) in [7, 11) is 2.27. The Morgan fingerprint density at radius 3 is 2.61 bits per heavy atom. The molecule has 0 amide bonds. The normalized spacial score (nSPS) is 36.7. The van der Waals surface area contributed by atoms with E-state index in [1.807, 2.05) is 0 Å². The monoisotopic (exact) mass is 252 g/mol. The quantitative estimate of drug-likeness (QED) is 0.814. The lowest BCUT2D eigenvalue weighted by Gasteiger charge is -2.42. The summed E-state index contributed by atoms with van der Waals surface area (Å²) in [5.74, 6) is 4.07. The molecule has 0 aromatic rings. The third-order valence-corrected chi connectivity index (χ3v) is 5.30. The fourth-order valence-corrected chi connectivity index (χ4v) is 4.29. The summed E-state index contributed by atoms with van der Waals surface area (Å²) in [6, 6.07) is 0. The maximum Gasteiger partial charge on any atom is 0.000672 e. The summed E-state index contributed by atoms with van der Waals surface area (Å²) >= 11 is 0. The number of rotatable bonds is 5. The van der Waals surface area contributed by atoms with Crippen molar-refractivity contribution in [3.63, 3.8) is 0 Å². The van der Waals surface area contributed by atoms with Crippen LogP contribution in [0.3, 0.4) is 0 Å². The van der Waals surface area contributed by atoms with Gasteiger partial charge in [0.1, 0.15) is 0 Å². The van der Waals surface area contributed by atoms with Crippen molar-refractivity contribution in [3.8, 4) is 0 Å². The average molecular weight is 252 g/mol. The van der Waals surface area contributed by atoms with Crippen molar-refractivity contribution in [1.29, 1.82) is 0 Å². The molecule has 4 atom stereocenters. The van der Waals surface area contributed by atoms with Gasteiger partial charge in [0, 0.05) is 6.54 Å². The van der Waals surface area contributed by atoms with E-state index in [1.54, 1.807) is 0 Å². The molecule has 2 rings (SSSR count). The summed E-state index contributed by atoms with van der Waals surface area (Å²) in [6.07, 6.45) is 10.1. The van der Waals surface area contributed by atoms with E-state index >= 15 is 0 Å². The maximum absolute atomic E-state index is 5.59. The van der Waals surface area contributed by atoms with Gasteiger partial charge in [0.25, 0.3) is 0 Å². The van der Waals surface area contributed by atoms with Gasteiger partial charge in [-0.05, 0) is 82.3 Å². The second kappa shape index (κ2) is 6.91. The third-order valence-electron chi connectivity index (χ3n) is 5.30. The van der Waals surface area contributed by atoms with Crippen molar-refractivity contribution < 1.29 is 0 Å². The predicted octanol–water partition coefficient (Wildman–Crippen LogP) is 3.12. The van der Waals surface area contributed by atoms with Gasteiger partial charge < -0.3 is 10.6 Å². The molecule has 0 aliphatic heterocycles. The van der Waals surface area contributed by atoms with Crippen molar-refractivity contribution in [2.24, 2.45) is 29.4 Å². The lowest BCUT2D eigenvalue weighted by Crippen LogP contribution is -2.35. The van der Waals surface area contributed by atoms with Crippen LogP contribution in [-0.2, 0) is 0 Å². The van der Waals surface area contributed by atoms with Gasteiger partial charge in [-0.2, -0.15) is 0 Å². The van der Waals surface area contributed by atoms with Gasteiger partial charge in [0.05, 0.1) is 0 Å². The Morgan fingerprint density at radius 1 is 1.06 bits per heavy atom. The van der Waals surface area contributed by atoms with Gasteiger partial charge in [0.15, 0.2) is 0 Å². The topological polar surface area (TPSA) is 29.3 Å². The van der Waals surface area contributed by atoms with E-state index in [4.69, 9.17) is 5.73 Å². The molecule has 0 heterocycles. The Kier molecular flexibility index (Phi) is 5.50. The zero-order valence-corrected chi connectivity index (χ0v) is 12.4. The van der Waals surface area contributed by atoms with E-state index in [9.17, 15) is 0 Å². The molecule has 2 saturated carbocycles. The van der Waals surface area contributed by atoms with Crippen LogP contribution in [0.4, 0.5) is 0 Å². The van der Waals surface area contributed by atoms with Gasteiger partial charge in [-0.25, -0.2) is 0 Å². The minimum absolute atomic E-state index is 0.831. The van der Waals surface area contributed by atoms with Crippen LogP contribution in [0, 0.1) is 23.7 Å². The molecule has 18 heavy (non-hydrogen) atoms. The van der Waals surface area contributed by atoms with E-state index in [0.717, 1.165) is 36.6 Å². The molecule has 2 aliphatic rings. The standard InChI is InChI=1S/C16H32N2/c1-13-4-6-15-7-5-14(11-16(15)10-13)12-18(2)9-3-8-17/h13-16H,3-12,17H2,1-2H3. The summed E-state index contributed by atoms with van der Waals surface area (Å²) in [5.41, 5.74) is 5.59. The second-order valence-corrected chi connectivity index (χ2v) is 7.02. The highest BCUT2D eigenvalue weighted by Crippen LogP contribution is 2.44. The zero-order valence-electron chi connectivity index (χ0n) is 12.4. The second-order valence-electron chi connectivity index (χ2n) is 7.02. The Balaban J connectivity index is 1.75. The van der Waals surface area contributed by atoms with E-state index in [2.05, 4.69) is 18.9 Å². The van der Waals surface area contributed by atoms with Crippen LogP contribution in [0.25, 0.3) is 0 Å². The van der Waals surface area contributed by atoms with Crippen LogP contribution in [-0.4, -0.2) is 31.6 Å². The molecule has 0 radical (unpaired) electrons. The summed E-state index contributed by atoms with van der Waals surface area (Å²) in [5, 5.41) is 0. The van der Waals surface area contributed by atoms with Gasteiger partial charge in [0.2, 0.25) is 0 Å². The zero-order chi connectivity index (χ0) is 13.0. The Morgan fingerprint density at radius 2 is 1.83 bits per heavy atom. The molecule has 0 spiro atoms. The summed E-state index contributed by atoms with van der Waals surface area (Å²) in [6.45, 7) is 5.76. The first-order valence-corrected chi connectivity index (χ1v) is 8.07. The van der Waals surface area contributed by atoms with Crippen LogP contribution >= 0.6 is 0 Å². The van der Waals surface area contributed by atoms with Crippen LogP contribution in [0.1, 0.15) is 51.9 Å². The molecule has 2 N–H and O–H groups in total. The van der Waals surface area contributed by atoms with E-state index in [1.165, 1.54) is 51.6 Å². The molecule has 2 heteroatoms. The highest BCUT2D eigenvalue weighted by molar-refractivity contribution is 4.85. The number of nitrogens with two attached hydrogens (primary N) is 1.